The maximum atomic E-state index is 12.2. The fraction of sp³-hybridized carbons (Fsp3) is 0.444. The molecular weight excluding hydrogens is 350 g/mol. The molecule has 0 fully saturated rings. The van der Waals surface area contributed by atoms with Crippen molar-refractivity contribution in [2.75, 3.05) is 0 Å². The summed E-state index contributed by atoms with van der Waals surface area (Å²) in [6.45, 7) is 7.28. The third-order valence-corrected chi connectivity index (χ3v) is 4.64. The summed E-state index contributed by atoms with van der Waals surface area (Å²) in [5.74, 6) is 0.446. The van der Waals surface area contributed by atoms with Crippen molar-refractivity contribution in [2.24, 2.45) is 7.05 Å². The van der Waals surface area contributed by atoms with Crippen LogP contribution < -0.4 is 10.6 Å². The second-order valence-corrected chi connectivity index (χ2v) is 8.38. The van der Waals surface area contributed by atoms with Gasteiger partial charge in [-0.1, -0.05) is 42.1 Å². The van der Waals surface area contributed by atoms with Crippen molar-refractivity contribution in [1.82, 2.24) is 25.4 Å². The number of benzene rings is 1. The molecule has 140 valence electrons. The summed E-state index contributed by atoms with van der Waals surface area (Å²) < 4.78 is 1.87. The Morgan fingerprint density at radius 3 is 2.46 bits per heavy atom. The Kier molecular flexibility index (Phi) is 6.42. The minimum atomic E-state index is -0.502. The monoisotopic (exact) mass is 375 g/mol. The largest absolute Gasteiger partial charge is 0.333 e. The summed E-state index contributed by atoms with van der Waals surface area (Å²) >= 11 is 1.27. The third-order valence-electron chi connectivity index (χ3n) is 3.51. The molecule has 3 amide bonds. The predicted octanol–water partition coefficient (Wildman–Crippen LogP) is 2.51. The Balaban J connectivity index is 1.95. The molecule has 0 saturated heterocycles. The molecule has 1 aromatic carbocycles. The van der Waals surface area contributed by atoms with E-state index in [0.717, 1.165) is 11.4 Å². The Morgan fingerprint density at radius 2 is 1.85 bits per heavy atom. The van der Waals surface area contributed by atoms with Crippen molar-refractivity contribution >= 4 is 23.7 Å². The smallest absolute Gasteiger partial charge is 0.321 e. The highest BCUT2D eigenvalue weighted by Gasteiger charge is 2.22. The number of imide groups is 1. The van der Waals surface area contributed by atoms with Crippen LogP contribution in [0.15, 0.2) is 35.5 Å². The average Bonchev–Trinajstić information content (AvgIpc) is 2.87. The van der Waals surface area contributed by atoms with Crippen LogP contribution in [0.25, 0.3) is 0 Å². The lowest BCUT2D eigenvalue weighted by Crippen LogP contribution is -2.49. The number of rotatable bonds is 5. The minimum Gasteiger partial charge on any atom is -0.333 e. The fourth-order valence-electron chi connectivity index (χ4n) is 2.18. The van der Waals surface area contributed by atoms with Gasteiger partial charge < -0.3 is 9.88 Å². The number of nitrogens with zero attached hydrogens (tertiary/aromatic N) is 3. The van der Waals surface area contributed by atoms with Gasteiger partial charge in [0.25, 0.3) is 0 Å². The van der Waals surface area contributed by atoms with Gasteiger partial charge in [-0.3, -0.25) is 10.1 Å². The molecule has 1 unspecified atom stereocenters. The van der Waals surface area contributed by atoms with Gasteiger partial charge in [0.2, 0.25) is 5.91 Å². The summed E-state index contributed by atoms with van der Waals surface area (Å²) in [6, 6.07) is 9.50. The second kappa shape index (κ2) is 8.35. The molecule has 2 N–H and O–H groups in total. The van der Waals surface area contributed by atoms with Gasteiger partial charge in [-0.2, -0.15) is 0 Å². The van der Waals surface area contributed by atoms with Crippen LogP contribution >= 0.6 is 11.8 Å². The van der Waals surface area contributed by atoms with E-state index in [0.29, 0.717) is 11.6 Å². The maximum Gasteiger partial charge on any atom is 0.321 e. The first-order valence-electron chi connectivity index (χ1n) is 8.37. The molecule has 0 spiro atoms. The molecule has 1 aromatic heterocycles. The van der Waals surface area contributed by atoms with E-state index in [1.165, 1.54) is 11.8 Å². The molecule has 0 bridgehead atoms. The topological polar surface area (TPSA) is 88.9 Å². The highest BCUT2D eigenvalue weighted by atomic mass is 32.2. The Bertz CT molecular complexity index is 768. The van der Waals surface area contributed by atoms with Crippen molar-refractivity contribution in [1.29, 1.82) is 0 Å². The normalized spacial score (nSPS) is 12.5. The Morgan fingerprint density at radius 1 is 1.19 bits per heavy atom. The van der Waals surface area contributed by atoms with Crippen LogP contribution in [0.3, 0.4) is 0 Å². The summed E-state index contributed by atoms with van der Waals surface area (Å²) in [6.07, 6.45) is 0.666. The van der Waals surface area contributed by atoms with Gasteiger partial charge in [0.05, 0.1) is 5.25 Å². The first kappa shape index (κ1) is 20.0. The maximum absolute atomic E-state index is 12.2. The van der Waals surface area contributed by atoms with Crippen LogP contribution in [0.4, 0.5) is 4.79 Å². The van der Waals surface area contributed by atoms with Gasteiger partial charge in [-0.25, -0.2) is 4.79 Å². The second-order valence-electron chi connectivity index (χ2n) is 7.07. The number of urea groups is 1. The van der Waals surface area contributed by atoms with Gasteiger partial charge in [-0.15, -0.1) is 10.2 Å². The number of nitrogens with one attached hydrogen (secondary N) is 2. The predicted molar refractivity (Wildman–Crippen MR) is 102 cm³/mol. The molecule has 0 aliphatic rings. The lowest BCUT2D eigenvalue weighted by molar-refractivity contribution is -0.119. The summed E-state index contributed by atoms with van der Waals surface area (Å²) in [4.78, 5) is 24.0. The zero-order chi connectivity index (χ0) is 19.3. The zero-order valence-corrected chi connectivity index (χ0v) is 16.6. The van der Waals surface area contributed by atoms with Crippen molar-refractivity contribution in [2.45, 2.75) is 50.1 Å². The SMILES string of the molecule is CC(Sc1nnc(Cc2ccccc2)n1C)C(=O)NC(=O)NC(C)(C)C. The van der Waals surface area contributed by atoms with E-state index in [4.69, 9.17) is 0 Å². The van der Waals surface area contributed by atoms with Gasteiger partial charge in [-0.05, 0) is 33.3 Å². The van der Waals surface area contributed by atoms with Crippen molar-refractivity contribution in [3.05, 3.63) is 41.7 Å². The Labute approximate surface area is 158 Å². The molecule has 1 heterocycles. The van der Waals surface area contributed by atoms with Gasteiger partial charge in [0, 0.05) is 19.0 Å². The van der Waals surface area contributed by atoms with E-state index in [9.17, 15) is 9.59 Å². The average molecular weight is 375 g/mol. The number of amides is 3. The van der Waals surface area contributed by atoms with E-state index >= 15 is 0 Å². The third kappa shape index (κ3) is 5.87. The van der Waals surface area contributed by atoms with E-state index in [1.807, 2.05) is 62.7 Å². The number of aromatic nitrogens is 3. The highest BCUT2D eigenvalue weighted by Crippen LogP contribution is 2.22. The van der Waals surface area contributed by atoms with Gasteiger partial charge >= 0.3 is 6.03 Å². The summed E-state index contributed by atoms with van der Waals surface area (Å²) in [5.41, 5.74) is 0.737. The molecule has 7 nitrogen and oxygen atoms in total. The lowest BCUT2D eigenvalue weighted by atomic mass is 10.1. The number of carbonyl (C=O) groups excluding carboxylic acids is 2. The molecule has 0 radical (unpaired) electrons. The zero-order valence-electron chi connectivity index (χ0n) is 15.7. The van der Waals surface area contributed by atoms with Crippen molar-refractivity contribution in [3.8, 4) is 0 Å². The number of hydrogen-bond acceptors (Lipinski definition) is 5. The van der Waals surface area contributed by atoms with E-state index in [2.05, 4.69) is 20.8 Å². The molecule has 8 heteroatoms. The molecule has 0 aliphatic carbocycles. The fourth-order valence-corrected chi connectivity index (χ4v) is 3.01. The number of carbonyl (C=O) groups is 2. The van der Waals surface area contributed by atoms with Crippen molar-refractivity contribution < 1.29 is 9.59 Å². The molecule has 1 atom stereocenters. The van der Waals surface area contributed by atoms with Crippen LogP contribution in [-0.2, 0) is 18.3 Å². The molecule has 2 aromatic rings. The minimum absolute atomic E-state index is 0.371. The molecular formula is C18H25N5O2S. The van der Waals surface area contributed by atoms with Crippen LogP contribution in [0, 0.1) is 0 Å². The van der Waals surface area contributed by atoms with Crippen LogP contribution in [-0.4, -0.2) is 37.5 Å². The van der Waals surface area contributed by atoms with Crippen molar-refractivity contribution in [3.63, 3.8) is 0 Å². The number of hydrogen-bond donors (Lipinski definition) is 2. The van der Waals surface area contributed by atoms with Crippen LogP contribution in [0.2, 0.25) is 0 Å². The Hall–Kier alpha value is -2.35. The summed E-state index contributed by atoms with van der Waals surface area (Å²) in [7, 11) is 1.87. The molecule has 0 aliphatic heterocycles. The quantitative estimate of drug-likeness (QED) is 0.784. The molecule has 26 heavy (non-hydrogen) atoms. The first-order valence-corrected chi connectivity index (χ1v) is 9.25. The van der Waals surface area contributed by atoms with Gasteiger partial charge in [0.1, 0.15) is 5.82 Å². The van der Waals surface area contributed by atoms with Crippen LogP contribution in [0.5, 0.6) is 0 Å². The first-order chi connectivity index (χ1) is 12.2. The lowest BCUT2D eigenvalue weighted by Gasteiger charge is -2.21. The molecule has 2 rings (SSSR count). The van der Waals surface area contributed by atoms with E-state index in [1.54, 1.807) is 6.92 Å². The van der Waals surface area contributed by atoms with E-state index < -0.39 is 16.8 Å². The standard InChI is InChI=1S/C18H25N5O2S/c1-12(15(24)19-16(25)20-18(2,3)4)26-17-22-21-14(23(17)5)11-13-9-7-6-8-10-13/h6-10,12H,11H2,1-5H3,(H2,19,20,24,25). The number of thioether (sulfide) groups is 1. The highest BCUT2D eigenvalue weighted by molar-refractivity contribution is 8.00. The molecule has 0 saturated carbocycles. The summed E-state index contributed by atoms with van der Waals surface area (Å²) in [5, 5.41) is 13.6. The van der Waals surface area contributed by atoms with Crippen LogP contribution in [0.1, 0.15) is 39.1 Å². The van der Waals surface area contributed by atoms with Gasteiger partial charge in [0.15, 0.2) is 5.16 Å². The van der Waals surface area contributed by atoms with E-state index in [-0.39, 0.29) is 5.91 Å².